The first-order valence-corrected chi connectivity index (χ1v) is 5.69. The number of unbranched alkanes of at least 4 members (excludes halogenated alkanes) is 1. The number of alkyl halides is 3. The van der Waals surface area contributed by atoms with E-state index in [1.165, 1.54) is 6.92 Å². The Bertz CT molecular complexity index is 304. The molecule has 0 aromatic rings. The van der Waals surface area contributed by atoms with Crippen LogP contribution in [0.4, 0.5) is 13.2 Å². The number of carboxylic acids is 1. The summed E-state index contributed by atoms with van der Waals surface area (Å²) in [5.74, 6) is -4.07. The number of carbonyl (C=O) groups excluding carboxylic acids is 1. The van der Waals surface area contributed by atoms with Gasteiger partial charge in [0.1, 0.15) is 6.04 Å². The summed E-state index contributed by atoms with van der Waals surface area (Å²) in [6, 6.07) is -1.45. The summed E-state index contributed by atoms with van der Waals surface area (Å²) >= 11 is 0. The number of hydrogen-bond acceptors (Lipinski definition) is 2. The molecule has 0 spiro atoms. The molecule has 0 saturated carbocycles. The van der Waals surface area contributed by atoms with Crippen LogP contribution in [-0.4, -0.2) is 41.1 Å². The van der Waals surface area contributed by atoms with Crippen LogP contribution in [0.3, 0.4) is 0 Å². The first kappa shape index (κ1) is 16.7. The minimum atomic E-state index is -5.05. The number of amides is 1. The molecule has 0 bridgehead atoms. The highest BCUT2D eigenvalue weighted by Crippen LogP contribution is 2.23. The van der Waals surface area contributed by atoms with Crippen LogP contribution in [0.5, 0.6) is 0 Å². The minimum Gasteiger partial charge on any atom is -0.480 e. The number of aliphatic carboxylic acids is 1. The molecule has 0 rings (SSSR count). The molecule has 106 valence electrons. The van der Waals surface area contributed by atoms with E-state index in [0.29, 0.717) is 12.8 Å². The maximum atomic E-state index is 12.3. The van der Waals surface area contributed by atoms with E-state index in [-0.39, 0.29) is 4.90 Å². The third-order valence-corrected chi connectivity index (χ3v) is 2.79. The van der Waals surface area contributed by atoms with E-state index >= 15 is 0 Å². The van der Waals surface area contributed by atoms with Crippen LogP contribution in [0.25, 0.3) is 0 Å². The lowest BCUT2D eigenvalue weighted by Gasteiger charge is -2.30. The van der Waals surface area contributed by atoms with E-state index in [9.17, 15) is 22.8 Å². The van der Waals surface area contributed by atoms with Gasteiger partial charge in [0.2, 0.25) is 0 Å². The molecular weight excluding hydrogens is 251 g/mol. The van der Waals surface area contributed by atoms with E-state index in [2.05, 4.69) is 0 Å². The smallest absolute Gasteiger partial charge is 0.471 e. The summed E-state index contributed by atoms with van der Waals surface area (Å²) < 4.78 is 36.8. The molecule has 18 heavy (non-hydrogen) atoms. The standard InChI is InChI=1S/C11H18F3NO3/c1-4-5-6-7(2)8(9(16)17)15(3)10(18)11(12,13)14/h7-8H,4-6H2,1-3H3,(H,16,17). The molecule has 2 atom stereocenters. The van der Waals surface area contributed by atoms with Gasteiger partial charge in [-0.2, -0.15) is 13.2 Å². The second kappa shape index (κ2) is 6.61. The largest absolute Gasteiger partial charge is 0.480 e. The van der Waals surface area contributed by atoms with Gasteiger partial charge in [-0.25, -0.2) is 4.79 Å². The molecule has 1 amide bonds. The zero-order chi connectivity index (χ0) is 14.5. The van der Waals surface area contributed by atoms with Gasteiger partial charge < -0.3 is 10.0 Å². The van der Waals surface area contributed by atoms with Crippen molar-refractivity contribution in [3.8, 4) is 0 Å². The molecule has 2 unspecified atom stereocenters. The Hall–Kier alpha value is -1.27. The van der Waals surface area contributed by atoms with Crippen molar-refractivity contribution in [1.82, 2.24) is 4.90 Å². The quantitative estimate of drug-likeness (QED) is 0.804. The van der Waals surface area contributed by atoms with Gasteiger partial charge in [-0.05, 0) is 12.3 Å². The monoisotopic (exact) mass is 269 g/mol. The highest BCUT2D eigenvalue weighted by Gasteiger charge is 2.45. The van der Waals surface area contributed by atoms with Gasteiger partial charge in [-0.3, -0.25) is 4.79 Å². The highest BCUT2D eigenvalue weighted by atomic mass is 19.4. The third-order valence-electron chi connectivity index (χ3n) is 2.79. The first-order chi connectivity index (χ1) is 8.12. The SMILES string of the molecule is CCCCC(C)C(C(=O)O)N(C)C(=O)C(F)(F)F. The molecule has 0 radical (unpaired) electrons. The Labute approximate surface area is 104 Å². The minimum absolute atomic E-state index is 0.267. The third kappa shape index (κ3) is 4.54. The average molecular weight is 269 g/mol. The van der Waals surface area contributed by atoms with E-state index in [4.69, 9.17) is 5.11 Å². The van der Waals surface area contributed by atoms with Gasteiger partial charge in [-0.1, -0.05) is 26.7 Å². The van der Waals surface area contributed by atoms with Crippen molar-refractivity contribution in [3.05, 3.63) is 0 Å². The van der Waals surface area contributed by atoms with Crippen LogP contribution >= 0.6 is 0 Å². The summed E-state index contributed by atoms with van der Waals surface area (Å²) in [5, 5.41) is 8.97. The van der Waals surface area contributed by atoms with Crippen LogP contribution in [0.2, 0.25) is 0 Å². The zero-order valence-corrected chi connectivity index (χ0v) is 10.6. The molecule has 0 heterocycles. The Morgan fingerprint density at radius 2 is 1.83 bits per heavy atom. The average Bonchev–Trinajstić information content (AvgIpc) is 2.23. The van der Waals surface area contributed by atoms with Gasteiger partial charge in [0.25, 0.3) is 0 Å². The number of halogens is 3. The second-order valence-electron chi connectivity index (χ2n) is 4.32. The fourth-order valence-electron chi connectivity index (χ4n) is 1.80. The predicted molar refractivity (Wildman–Crippen MR) is 58.9 cm³/mol. The van der Waals surface area contributed by atoms with Crippen LogP contribution in [-0.2, 0) is 9.59 Å². The number of rotatable bonds is 6. The number of hydrogen-bond donors (Lipinski definition) is 1. The van der Waals surface area contributed by atoms with Crippen molar-refractivity contribution in [2.24, 2.45) is 5.92 Å². The van der Waals surface area contributed by atoms with Crippen LogP contribution in [0.15, 0.2) is 0 Å². The summed E-state index contributed by atoms with van der Waals surface area (Å²) in [5.41, 5.74) is 0. The van der Waals surface area contributed by atoms with Crippen molar-refractivity contribution in [1.29, 1.82) is 0 Å². The van der Waals surface area contributed by atoms with Crippen molar-refractivity contribution in [3.63, 3.8) is 0 Å². The maximum absolute atomic E-state index is 12.3. The molecule has 0 aromatic carbocycles. The van der Waals surface area contributed by atoms with E-state index in [1.54, 1.807) is 0 Å². The van der Waals surface area contributed by atoms with Crippen LogP contribution in [0, 0.1) is 5.92 Å². The van der Waals surface area contributed by atoms with E-state index in [1.807, 2.05) is 6.92 Å². The molecule has 0 fully saturated rings. The summed E-state index contributed by atoms with van der Waals surface area (Å²) in [4.78, 5) is 22.3. The van der Waals surface area contributed by atoms with Crippen LogP contribution in [0.1, 0.15) is 33.1 Å². The van der Waals surface area contributed by atoms with E-state index in [0.717, 1.165) is 13.5 Å². The molecule has 4 nitrogen and oxygen atoms in total. The summed E-state index contributed by atoms with van der Waals surface area (Å²) in [6.45, 7) is 3.43. The van der Waals surface area contributed by atoms with Crippen molar-refractivity contribution >= 4 is 11.9 Å². The van der Waals surface area contributed by atoms with Crippen LogP contribution < -0.4 is 0 Å². The van der Waals surface area contributed by atoms with Gasteiger partial charge in [0.05, 0.1) is 0 Å². The lowest BCUT2D eigenvalue weighted by Crippen LogP contribution is -2.50. The topological polar surface area (TPSA) is 57.6 Å². The lowest BCUT2D eigenvalue weighted by atomic mass is 9.94. The molecule has 0 aromatic heterocycles. The predicted octanol–water partition coefficient (Wildman–Crippen LogP) is 2.29. The lowest BCUT2D eigenvalue weighted by molar-refractivity contribution is -0.189. The molecule has 0 saturated heterocycles. The number of carboxylic acid groups (broad SMARTS) is 1. The fraction of sp³-hybridized carbons (Fsp3) is 0.818. The second-order valence-corrected chi connectivity index (χ2v) is 4.32. The van der Waals surface area contributed by atoms with E-state index < -0.39 is 30.0 Å². The van der Waals surface area contributed by atoms with Gasteiger partial charge in [0.15, 0.2) is 0 Å². The first-order valence-electron chi connectivity index (χ1n) is 5.69. The molecule has 0 aliphatic rings. The van der Waals surface area contributed by atoms with Crippen molar-refractivity contribution in [2.45, 2.75) is 45.3 Å². The number of carbonyl (C=O) groups is 2. The fourth-order valence-corrected chi connectivity index (χ4v) is 1.80. The molecule has 0 aliphatic carbocycles. The maximum Gasteiger partial charge on any atom is 0.471 e. The highest BCUT2D eigenvalue weighted by molar-refractivity contribution is 5.87. The molecule has 0 aliphatic heterocycles. The van der Waals surface area contributed by atoms with Gasteiger partial charge in [0, 0.05) is 7.05 Å². The normalized spacial score (nSPS) is 15.0. The van der Waals surface area contributed by atoms with Crippen molar-refractivity contribution < 1.29 is 27.9 Å². The zero-order valence-electron chi connectivity index (χ0n) is 10.6. The number of nitrogens with zero attached hydrogens (tertiary/aromatic N) is 1. The Kier molecular flexibility index (Phi) is 6.14. The molecule has 1 N–H and O–H groups in total. The molecule has 7 heteroatoms. The van der Waals surface area contributed by atoms with Crippen molar-refractivity contribution in [2.75, 3.05) is 7.05 Å². The Morgan fingerprint density at radius 1 is 1.33 bits per heavy atom. The Balaban J connectivity index is 4.90. The number of likely N-dealkylation sites (N-methyl/N-ethyl adjacent to an activating group) is 1. The van der Waals surface area contributed by atoms with Gasteiger partial charge in [-0.15, -0.1) is 0 Å². The van der Waals surface area contributed by atoms with Gasteiger partial charge >= 0.3 is 18.1 Å². The Morgan fingerprint density at radius 3 is 2.17 bits per heavy atom. The molecular formula is C11H18F3NO3. The summed E-state index contributed by atoms with van der Waals surface area (Å²) in [6.07, 6.45) is -3.07. The summed E-state index contributed by atoms with van der Waals surface area (Å²) in [7, 11) is 0.872.